The summed E-state index contributed by atoms with van der Waals surface area (Å²) in [5.41, 5.74) is 2.44. The van der Waals surface area contributed by atoms with Gasteiger partial charge in [0.15, 0.2) is 5.79 Å². The van der Waals surface area contributed by atoms with Crippen molar-refractivity contribution in [2.45, 2.75) is 37.3 Å². The molecule has 1 saturated heterocycles. The average molecular weight is 411 g/mol. The second kappa shape index (κ2) is 7.85. The van der Waals surface area contributed by atoms with Crippen LogP contribution in [0.5, 0.6) is 0 Å². The number of benzene rings is 1. The van der Waals surface area contributed by atoms with Gasteiger partial charge in [0.2, 0.25) is 0 Å². The van der Waals surface area contributed by atoms with E-state index in [2.05, 4.69) is 11.1 Å². The summed E-state index contributed by atoms with van der Waals surface area (Å²) in [5, 5.41) is 20.3. The number of nitrogens with zero attached hydrogens (tertiary/aromatic N) is 1. The smallest absolute Gasteiger partial charge is 0.175 e. The molecule has 2 heterocycles. The normalized spacial score (nSPS) is 32.7. The molecule has 2 aliphatic carbocycles. The fourth-order valence-corrected chi connectivity index (χ4v) is 5.39. The van der Waals surface area contributed by atoms with Crippen molar-refractivity contribution in [3.63, 3.8) is 0 Å². The number of halogens is 1. The molecule has 5 nitrogen and oxygen atoms in total. The number of aliphatic hydroxyl groups is 2. The Morgan fingerprint density at radius 2 is 1.83 bits per heavy atom. The number of fused-ring (bicyclic) bond motifs is 1. The van der Waals surface area contributed by atoms with Crippen LogP contribution in [0.3, 0.4) is 0 Å². The van der Waals surface area contributed by atoms with Gasteiger partial charge in [0.1, 0.15) is 5.82 Å². The molecule has 158 valence electrons. The molecule has 1 aromatic heterocycles. The molecule has 0 unspecified atom stereocenters. The zero-order chi connectivity index (χ0) is 20.7. The summed E-state index contributed by atoms with van der Waals surface area (Å²) >= 11 is 0. The molecule has 2 aromatic rings. The first-order valence-electron chi connectivity index (χ1n) is 10.6. The predicted molar refractivity (Wildman–Crippen MR) is 110 cm³/mol. The third kappa shape index (κ3) is 3.58. The maximum atomic E-state index is 13.5. The van der Waals surface area contributed by atoms with E-state index >= 15 is 0 Å². The Kier molecular flexibility index (Phi) is 5.19. The van der Waals surface area contributed by atoms with Crippen LogP contribution in [0.2, 0.25) is 0 Å². The zero-order valence-electron chi connectivity index (χ0n) is 16.7. The van der Waals surface area contributed by atoms with E-state index in [0.717, 1.165) is 23.2 Å². The summed E-state index contributed by atoms with van der Waals surface area (Å²) in [7, 11) is 0. The van der Waals surface area contributed by atoms with Gasteiger partial charge in [-0.1, -0.05) is 24.3 Å². The molecule has 2 N–H and O–H groups in total. The molecule has 3 fully saturated rings. The van der Waals surface area contributed by atoms with Crippen LogP contribution in [-0.4, -0.2) is 46.4 Å². The Morgan fingerprint density at radius 3 is 2.57 bits per heavy atom. The lowest BCUT2D eigenvalue weighted by Gasteiger charge is -2.35. The highest BCUT2D eigenvalue weighted by molar-refractivity contribution is 5.63. The molecule has 2 saturated carbocycles. The van der Waals surface area contributed by atoms with Gasteiger partial charge in [0.25, 0.3) is 0 Å². The number of hydrogen-bond acceptors (Lipinski definition) is 5. The van der Waals surface area contributed by atoms with E-state index in [1.807, 2.05) is 24.3 Å². The number of hydrogen-bond donors (Lipinski definition) is 2. The van der Waals surface area contributed by atoms with Crippen LogP contribution in [0.15, 0.2) is 48.7 Å². The highest BCUT2D eigenvalue weighted by atomic mass is 19.1. The summed E-state index contributed by atoms with van der Waals surface area (Å²) < 4.78 is 25.6. The van der Waals surface area contributed by atoms with Crippen molar-refractivity contribution < 1.29 is 24.1 Å². The van der Waals surface area contributed by atoms with Crippen molar-refractivity contribution in [3.8, 4) is 11.1 Å². The van der Waals surface area contributed by atoms with E-state index in [4.69, 9.17) is 9.47 Å². The molecule has 5 rings (SSSR count). The van der Waals surface area contributed by atoms with E-state index in [9.17, 15) is 14.6 Å². The lowest BCUT2D eigenvalue weighted by Crippen LogP contribution is -2.40. The minimum atomic E-state index is -0.706. The minimum absolute atomic E-state index is 0.00292. The van der Waals surface area contributed by atoms with E-state index in [1.165, 1.54) is 12.1 Å². The molecule has 3 aliphatic rings. The molecule has 5 atom stereocenters. The number of rotatable bonds is 3. The Morgan fingerprint density at radius 1 is 1.03 bits per heavy atom. The molecule has 1 aromatic carbocycles. The van der Waals surface area contributed by atoms with Gasteiger partial charge < -0.3 is 19.7 Å². The van der Waals surface area contributed by atoms with Crippen molar-refractivity contribution >= 4 is 6.08 Å². The zero-order valence-corrected chi connectivity index (χ0v) is 16.7. The van der Waals surface area contributed by atoms with Gasteiger partial charge in [-0.2, -0.15) is 0 Å². The molecule has 0 radical (unpaired) electrons. The largest absolute Gasteiger partial charge is 0.390 e. The average Bonchev–Trinajstić information content (AvgIpc) is 3.32. The summed E-state index contributed by atoms with van der Waals surface area (Å²) in [6, 6.07) is 10.3. The van der Waals surface area contributed by atoms with Crippen LogP contribution < -0.4 is 0 Å². The van der Waals surface area contributed by atoms with E-state index < -0.39 is 18.0 Å². The van der Waals surface area contributed by atoms with Crippen LogP contribution in [0.4, 0.5) is 4.39 Å². The monoisotopic (exact) mass is 411 g/mol. The number of pyridine rings is 1. The first-order valence-corrected chi connectivity index (χ1v) is 10.6. The van der Waals surface area contributed by atoms with Crippen LogP contribution in [0.25, 0.3) is 17.2 Å². The van der Waals surface area contributed by atoms with E-state index in [0.29, 0.717) is 26.1 Å². The standard InChI is InChI=1S/C24H26FNO4/c25-18-3-1-2-15(10-18)16-4-5-19(26-14-16)6-7-21-20-12-23(28)22(27)11-17(20)13-24(21)29-8-9-30-24/h1-7,10,14,17,20-23,27-28H,8-9,11-13H2/b7-6+/t17-,20+,21-,22-,23+/m0/s1. The molecule has 0 bridgehead atoms. The summed E-state index contributed by atoms with van der Waals surface area (Å²) in [6.45, 7) is 1.13. The Hall–Kier alpha value is -2.12. The van der Waals surface area contributed by atoms with Crippen molar-refractivity contribution in [2.75, 3.05) is 13.2 Å². The van der Waals surface area contributed by atoms with Gasteiger partial charge in [-0.3, -0.25) is 4.98 Å². The van der Waals surface area contributed by atoms with Crippen molar-refractivity contribution in [1.29, 1.82) is 0 Å². The second-order valence-corrected chi connectivity index (χ2v) is 8.61. The first-order chi connectivity index (χ1) is 14.5. The van der Waals surface area contributed by atoms with Crippen molar-refractivity contribution in [2.24, 2.45) is 17.8 Å². The Balaban J connectivity index is 1.38. The molecule has 0 amide bonds. The molecular formula is C24H26FNO4. The van der Waals surface area contributed by atoms with Crippen LogP contribution in [0.1, 0.15) is 25.0 Å². The van der Waals surface area contributed by atoms with Crippen molar-refractivity contribution in [1.82, 2.24) is 4.98 Å². The number of aromatic nitrogens is 1. The fraction of sp³-hybridized carbons (Fsp3) is 0.458. The molecule has 6 heteroatoms. The van der Waals surface area contributed by atoms with Crippen LogP contribution >= 0.6 is 0 Å². The van der Waals surface area contributed by atoms with Crippen LogP contribution in [-0.2, 0) is 9.47 Å². The Labute approximate surface area is 175 Å². The molecule has 30 heavy (non-hydrogen) atoms. The van der Waals surface area contributed by atoms with Crippen LogP contribution in [0, 0.1) is 23.6 Å². The molecule has 1 spiro atoms. The third-order valence-corrected chi connectivity index (χ3v) is 6.82. The van der Waals surface area contributed by atoms with E-state index in [1.54, 1.807) is 12.3 Å². The maximum absolute atomic E-state index is 13.5. The highest BCUT2D eigenvalue weighted by Gasteiger charge is 2.58. The van der Waals surface area contributed by atoms with Gasteiger partial charge in [-0.15, -0.1) is 0 Å². The lowest BCUT2D eigenvalue weighted by molar-refractivity contribution is -0.175. The summed E-state index contributed by atoms with van der Waals surface area (Å²) in [5.74, 6) is -0.480. The maximum Gasteiger partial charge on any atom is 0.175 e. The van der Waals surface area contributed by atoms with Gasteiger partial charge in [-0.05, 0) is 54.5 Å². The summed E-state index contributed by atoms with van der Waals surface area (Å²) in [4.78, 5) is 4.51. The Bertz CT molecular complexity index is 925. The first kappa shape index (κ1) is 19.8. The fourth-order valence-electron chi connectivity index (χ4n) is 5.39. The lowest BCUT2D eigenvalue weighted by atomic mass is 9.75. The van der Waals surface area contributed by atoms with Crippen molar-refractivity contribution in [3.05, 3.63) is 60.2 Å². The van der Waals surface area contributed by atoms with Gasteiger partial charge in [0, 0.05) is 24.1 Å². The molecule has 1 aliphatic heterocycles. The second-order valence-electron chi connectivity index (χ2n) is 8.61. The third-order valence-electron chi connectivity index (χ3n) is 6.82. The number of aliphatic hydroxyl groups excluding tert-OH is 2. The van der Waals surface area contributed by atoms with Gasteiger partial charge in [-0.25, -0.2) is 4.39 Å². The summed E-state index contributed by atoms with van der Waals surface area (Å²) in [6.07, 6.45) is 6.27. The SMILES string of the molecule is O[C@@H]1C[C@@H]2[C@@H](C[C@@H]1O)CC1(OCCO1)[C@H]2/C=C/c1ccc(-c2cccc(F)c2)cn1. The molecular weight excluding hydrogens is 385 g/mol. The predicted octanol–water partition coefficient (Wildman–Crippen LogP) is 3.41. The highest BCUT2D eigenvalue weighted by Crippen LogP contribution is 2.55. The minimum Gasteiger partial charge on any atom is -0.390 e. The topological polar surface area (TPSA) is 71.8 Å². The number of ether oxygens (including phenoxy) is 2. The van der Waals surface area contributed by atoms with E-state index in [-0.39, 0.29) is 23.6 Å². The quantitative estimate of drug-likeness (QED) is 0.810. The van der Waals surface area contributed by atoms with Gasteiger partial charge >= 0.3 is 0 Å². The van der Waals surface area contributed by atoms with Gasteiger partial charge in [0.05, 0.1) is 31.1 Å².